The van der Waals surface area contributed by atoms with E-state index in [1.165, 1.54) is 18.5 Å². The van der Waals surface area contributed by atoms with Crippen LogP contribution in [0.3, 0.4) is 0 Å². The molecule has 2 aromatic carbocycles. The molecule has 126 valence electrons. The number of nitrogens with zero attached hydrogens (tertiary/aromatic N) is 1. The lowest BCUT2D eigenvalue weighted by molar-refractivity contribution is -0.115. The highest BCUT2D eigenvalue weighted by molar-refractivity contribution is 9.10. The number of piperidine rings is 1. The molecule has 0 aromatic heterocycles. The van der Waals surface area contributed by atoms with E-state index in [9.17, 15) is 4.79 Å². The molecule has 0 radical (unpaired) electrons. The molecule has 0 bridgehead atoms. The van der Waals surface area contributed by atoms with Crippen molar-refractivity contribution in [3.63, 3.8) is 0 Å². The maximum atomic E-state index is 12.2. The van der Waals surface area contributed by atoms with Crippen LogP contribution in [0, 0.1) is 5.92 Å². The maximum absolute atomic E-state index is 12.2. The third kappa shape index (κ3) is 4.60. The molecule has 1 amide bonds. The van der Waals surface area contributed by atoms with E-state index < -0.39 is 0 Å². The molecule has 24 heavy (non-hydrogen) atoms. The van der Waals surface area contributed by atoms with Crippen LogP contribution in [0.1, 0.15) is 25.3 Å². The lowest BCUT2D eigenvalue weighted by atomic mass is 10.00. The molecule has 1 atom stereocenters. The van der Waals surface area contributed by atoms with Gasteiger partial charge in [0.2, 0.25) is 5.91 Å². The zero-order valence-electron chi connectivity index (χ0n) is 14.0. The average Bonchev–Trinajstić information content (AvgIpc) is 2.55. The van der Waals surface area contributed by atoms with E-state index in [1.54, 1.807) is 0 Å². The maximum Gasteiger partial charge on any atom is 0.228 e. The molecule has 2 aromatic rings. The summed E-state index contributed by atoms with van der Waals surface area (Å²) in [4.78, 5) is 14.6. The number of anilines is 2. The Labute approximate surface area is 152 Å². The predicted molar refractivity (Wildman–Crippen MR) is 104 cm³/mol. The molecule has 1 unspecified atom stereocenters. The first-order valence-electron chi connectivity index (χ1n) is 8.49. The van der Waals surface area contributed by atoms with Gasteiger partial charge < -0.3 is 10.2 Å². The largest absolute Gasteiger partial charge is 0.371 e. The van der Waals surface area contributed by atoms with E-state index in [4.69, 9.17) is 0 Å². The smallest absolute Gasteiger partial charge is 0.228 e. The summed E-state index contributed by atoms with van der Waals surface area (Å²) < 4.78 is 0.993. The molecule has 0 saturated carbocycles. The lowest BCUT2D eigenvalue weighted by Gasteiger charge is -2.32. The third-order valence-corrected chi connectivity index (χ3v) is 4.92. The van der Waals surface area contributed by atoms with Gasteiger partial charge in [-0.25, -0.2) is 0 Å². The number of rotatable bonds is 4. The quantitative estimate of drug-likeness (QED) is 0.812. The van der Waals surface area contributed by atoms with Crippen LogP contribution in [-0.2, 0) is 11.2 Å². The number of halogens is 1. The van der Waals surface area contributed by atoms with Gasteiger partial charge in [0, 0.05) is 28.9 Å². The van der Waals surface area contributed by atoms with Gasteiger partial charge in [-0.2, -0.15) is 0 Å². The summed E-state index contributed by atoms with van der Waals surface area (Å²) in [6, 6.07) is 16.0. The number of nitrogens with one attached hydrogen (secondary N) is 1. The SMILES string of the molecule is CC1CCCN(c2ccc(NC(=O)Cc3cccc(Br)c3)cc2)C1. The first-order valence-corrected chi connectivity index (χ1v) is 9.29. The number of hydrogen-bond acceptors (Lipinski definition) is 2. The normalized spacial score (nSPS) is 17.6. The van der Waals surface area contributed by atoms with Crippen molar-refractivity contribution < 1.29 is 4.79 Å². The highest BCUT2D eigenvalue weighted by atomic mass is 79.9. The average molecular weight is 387 g/mol. The summed E-state index contributed by atoms with van der Waals surface area (Å²) >= 11 is 3.43. The van der Waals surface area contributed by atoms with E-state index in [0.29, 0.717) is 6.42 Å². The predicted octanol–water partition coefficient (Wildman–Crippen LogP) is 4.87. The van der Waals surface area contributed by atoms with Crippen LogP contribution in [0.25, 0.3) is 0 Å². The van der Waals surface area contributed by atoms with Crippen molar-refractivity contribution in [1.29, 1.82) is 0 Å². The number of amides is 1. The van der Waals surface area contributed by atoms with Crippen molar-refractivity contribution in [3.05, 3.63) is 58.6 Å². The minimum atomic E-state index is 0.00689. The molecule has 1 aliphatic rings. The van der Waals surface area contributed by atoms with Crippen molar-refractivity contribution in [2.24, 2.45) is 5.92 Å². The Balaban J connectivity index is 1.58. The Morgan fingerprint density at radius 1 is 1.25 bits per heavy atom. The summed E-state index contributed by atoms with van der Waals surface area (Å²) in [6.07, 6.45) is 2.96. The van der Waals surface area contributed by atoms with Crippen LogP contribution in [-0.4, -0.2) is 19.0 Å². The fourth-order valence-corrected chi connectivity index (χ4v) is 3.66. The minimum Gasteiger partial charge on any atom is -0.371 e. The summed E-state index contributed by atoms with van der Waals surface area (Å²) in [5.74, 6) is 0.760. The zero-order chi connectivity index (χ0) is 16.9. The Kier molecular flexibility index (Phi) is 5.56. The summed E-state index contributed by atoms with van der Waals surface area (Å²) in [7, 11) is 0. The van der Waals surface area contributed by atoms with Gasteiger partial charge in [0.25, 0.3) is 0 Å². The second kappa shape index (κ2) is 7.84. The minimum absolute atomic E-state index is 0.00689. The first-order chi connectivity index (χ1) is 11.6. The third-order valence-electron chi connectivity index (χ3n) is 4.43. The van der Waals surface area contributed by atoms with Gasteiger partial charge in [-0.05, 0) is 60.7 Å². The molecule has 4 heteroatoms. The van der Waals surface area contributed by atoms with Gasteiger partial charge in [-0.1, -0.05) is 35.0 Å². The Bertz CT molecular complexity index is 699. The highest BCUT2D eigenvalue weighted by Crippen LogP contribution is 2.24. The zero-order valence-corrected chi connectivity index (χ0v) is 15.6. The molecular formula is C20H23BrN2O. The van der Waals surface area contributed by atoms with E-state index in [1.807, 2.05) is 36.4 Å². The molecule has 3 nitrogen and oxygen atoms in total. The number of hydrogen-bond donors (Lipinski definition) is 1. The van der Waals surface area contributed by atoms with Crippen LogP contribution in [0.2, 0.25) is 0 Å². The van der Waals surface area contributed by atoms with Gasteiger partial charge in [0.1, 0.15) is 0 Å². The standard InChI is InChI=1S/C20H23BrN2O/c1-15-4-3-11-23(14-15)19-9-7-18(8-10-19)22-20(24)13-16-5-2-6-17(21)12-16/h2,5-10,12,15H,3-4,11,13-14H2,1H3,(H,22,24). The number of carbonyl (C=O) groups excluding carboxylic acids is 1. The van der Waals surface area contributed by atoms with Gasteiger partial charge in [0.05, 0.1) is 6.42 Å². The van der Waals surface area contributed by atoms with Crippen LogP contribution in [0.5, 0.6) is 0 Å². The fourth-order valence-electron chi connectivity index (χ4n) is 3.22. The Morgan fingerprint density at radius 2 is 2.04 bits per heavy atom. The van der Waals surface area contributed by atoms with Crippen molar-refractivity contribution in [2.45, 2.75) is 26.2 Å². The molecule has 1 fully saturated rings. The molecule has 1 N–H and O–H groups in total. The molecule has 0 aliphatic carbocycles. The number of benzene rings is 2. The first kappa shape index (κ1) is 17.0. The highest BCUT2D eigenvalue weighted by Gasteiger charge is 2.16. The summed E-state index contributed by atoms with van der Waals surface area (Å²) in [6.45, 7) is 4.55. The van der Waals surface area contributed by atoms with Crippen molar-refractivity contribution >= 4 is 33.2 Å². The van der Waals surface area contributed by atoms with Crippen LogP contribution < -0.4 is 10.2 Å². The van der Waals surface area contributed by atoms with Crippen molar-refractivity contribution in [1.82, 2.24) is 0 Å². The van der Waals surface area contributed by atoms with Crippen LogP contribution in [0.4, 0.5) is 11.4 Å². The Morgan fingerprint density at radius 3 is 2.75 bits per heavy atom. The Hall–Kier alpha value is -1.81. The number of carbonyl (C=O) groups is 1. The van der Waals surface area contributed by atoms with E-state index in [2.05, 4.69) is 45.2 Å². The molecule has 3 rings (SSSR count). The van der Waals surface area contributed by atoms with Gasteiger partial charge >= 0.3 is 0 Å². The summed E-state index contributed by atoms with van der Waals surface area (Å²) in [5.41, 5.74) is 3.09. The molecule has 1 aliphatic heterocycles. The molecule has 0 spiro atoms. The fraction of sp³-hybridized carbons (Fsp3) is 0.350. The van der Waals surface area contributed by atoms with Crippen molar-refractivity contribution in [3.8, 4) is 0 Å². The van der Waals surface area contributed by atoms with Gasteiger partial charge in [-0.15, -0.1) is 0 Å². The van der Waals surface area contributed by atoms with Crippen LogP contribution in [0.15, 0.2) is 53.0 Å². The molecular weight excluding hydrogens is 364 g/mol. The molecule has 1 saturated heterocycles. The van der Waals surface area contributed by atoms with Crippen LogP contribution >= 0.6 is 15.9 Å². The van der Waals surface area contributed by atoms with E-state index >= 15 is 0 Å². The van der Waals surface area contributed by atoms with Crippen molar-refractivity contribution in [2.75, 3.05) is 23.3 Å². The van der Waals surface area contributed by atoms with Gasteiger partial charge in [0.15, 0.2) is 0 Å². The van der Waals surface area contributed by atoms with E-state index in [0.717, 1.165) is 34.7 Å². The summed E-state index contributed by atoms with van der Waals surface area (Å²) in [5, 5.41) is 2.98. The van der Waals surface area contributed by atoms with Gasteiger partial charge in [-0.3, -0.25) is 4.79 Å². The topological polar surface area (TPSA) is 32.3 Å². The second-order valence-electron chi connectivity index (χ2n) is 6.60. The second-order valence-corrected chi connectivity index (χ2v) is 7.51. The van der Waals surface area contributed by atoms with E-state index in [-0.39, 0.29) is 5.91 Å². The lowest BCUT2D eigenvalue weighted by Crippen LogP contribution is -2.34. The molecule has 1 heterocycles. The monoisotopic (exact) mass is 386 g/mol.